The quantitative estimate of drug-likeness (QED) is 0.474. The minimum Gasteiger partial charge on any atom is -0.378 e. The van der Waals surface area contributed by atoms with Gasteiger partial charge in [-0.25, -0.2) is 5.43 Å². The summed E-state index contributed by atoms with van der Waals surface area (Å²) in [6.07, 6.45) is 3.31. The fourth-order valence-electron chi connectivity index (χ4n) is 2.07. The zero-order valence-electron chi connectivity index (χ0n) is 15.6. The Morgan fingerprint density at radius 1 is 0.808 bits per heavy atom. The molecule has 2 aromatic rings. The van der Waals surface area contributed by atoms with Crippen LogP contribution >= 0.6 is 0 Å². The van der Waals surface area contributed by atoms with E-state index in [1.165, 1.54) is 0 Å². The van der Waals surface area contributed by atoms with Crippen molar-refractivity contribution >= 4 is 29.8 Å². The molecule has 0 spiro atoms. The Hall–Kier alpha value is -3.35. The maximum atomic E-state index is 5.73. The normalized spacial score (nSPS) is 11.9. The minimum atomic E-state index is 0.118. The molecular weight excluding hydrogens is 326 g/mol. The monoisotopic (exact) mass is 351 g/mol. The number of rotatable bonds is 6. The first-order valence-corrected chi connectivity index (χ1v) is 8.16. The van der Waals surface area contributed by atoms with Crippen LogP contribution in [-0.2, 0) is 0 Å². The van der Waals surface area contributed by atoms with Gasteiger partial charge in [0.2, 0.25) is 5.96 Å². The molecule has 3 N–H and O–H groups in total. The van der Waals surface area contributed by atoms with Crippen LogP contribution in [0.4, 0.5) is 11.4 Å². The van der Waals surface area contributed by atoms with Crippen molar-refractivity contribution in [1.82, 2.24) is 5.43 Å². The number of benzene rings is 2. The maximum absolute atomic E-state index is 5.73. The lowest BCUT2D eigenvalue weighted by molar-refractivity contribution is 0.994. The van der Waals surface area contributed by atoms with Gasteiger partial charge < -0.3 is 15.5 Å². The number of guanidine groups is 1. The number of hydrazone groups is 1. The van der Waals surface area contributed by atoms with E-state index in [2.05, 4.69) is 20.7 Å². The van der Waals surface area contributed by atoms with Crippen LogP contribution in [0.1, 0.15) is 11.1 Å². The first-order chi connectivity index (χ1) is 12.5. The Morgan fingerprint density at radius 2 is 1.27 bits per heavy atom. The van der Waals surface area contributed by atoms with Gasteiger partial charge in [0.25, 0.3) is 0 Å². The maximum Gasteiger partial charge on any atom is 0.234 e. The Labute approximate surface area is 154 Å². The van der Waals surface area contributed by atoms with Crippen molar-refractivity contribution in [1.29, 1.82) is 0 Å². The molecule has 136 valence electrons. The molecule has 2 rings (SSSR count). The first kappa shape index (κ1) is 19.0. The standard InChI is InChI=1S/C19H25N7/c1-25(2)17-9-5-15(6-10-17)13-21-23-19(20)24-22-14-16-7-11-18(12-8-16)26(3)4/h5-14H,1-4H3,(H3,20,23,24)/b21-13+,22-14+. The van der Waals surface area contributed by atoms with Gasteiger partial charge in [0, 0.05) is 39.6 Å². The van der Waals surface area contributed by atoms with Crippen LogP contribution in [-0.4, -0.2) is 46.6 Å². The highest BCUT2D eigenvalue weighted by molar-refractivity contribution is 5.84. The van der Waals surface area contributed by atoms with Crippen molar-refractivity contribution in [3.63, 3.8) is 0 Å². The van der Waals surface area contributed by atoms with E-state index < -0.39 is 0 Å². The third-order valence-electron chi connectivity index (χ3n) is 3.58. The van der Waals surface area contributed by atoms with Gasteiger partial charge in [-0.1, -0.05) is 24.3 Å². The molecule has 7 nitrogen and oxygen atoms in total. The summed E-state index contributed by atoms with van der Waals surface area (Å²) >= 11 is 0. The van der Waals surface area contributed by atoms with Crippen molar-refractivity contribution in [2.24, 2.45) is 21.0 Å². The fourth-order valence-corrected chi connectivity index (χ4v) is 2.07. The molecule has 0 aromatic heterocycles. The van der Waals surface area contributed by atoms with Crippen molar-refractivity contribution in [3.8, 4) is 0 Å². The second-order valence-electron chi connectivity index (χ2n) is 6.07. The Kier molecular flexibility index (Phi) is 6.73. The van der Waals surface area contributed by atoms with Gasteiger partial charge in [-0.3, -0.25) is 0 Å². The van der Waals surface area contributed by atoms with Gasteiger partial charge in [-0.15, -0.1) is 5.10 Å². The number of nitrogens with two attached hydrogens (primary N) is 1. The smallest absolute Gasteiger partial charge is 0.234 e. The Bertz CT molecular complexity index is 773. The summed E-state index contributed by atoms with van der Waals surface area (Å²) < 4.78 is 0. The van der Waals surface area contributed by atoms with Gasteiger partial charge >= 0.3 is 0 Å². The number of hydrogen-bond acceptors (Lipinski definition) is 5. The fraction of sp³-hybridized carbons (Fsp3) is 0.211. The van der Waals surface area contributed by atoms with Gasteiger partial charge in [0.15, 0.2) is 0 Å². The van der Waals surface area contributed by atoms with E-state index in [0.29, 0.717) is 0 Å². The molecule has 0 unspecified atom stereocenters. The van der Waals surface area contributed by atoms with Crippen molar-refractivity contribution in [2.75, 3.05) is 38.0 Å². The molecule has 0 heterocycles. The molecule has 0 bridgehead atoms. The SMILES string of the molecule is CN(C)c1ccc(/C=N/N=C(\N)N/N=C/c2ccc(N(C)C)cc2)cc1. The van der Waals surface area contributed by atoms with Crippen molar-refractivity contribution in [2.45, 2.75) is 0 Å². The van der Waals surface area contributed by atoms with Crippen molar-refractivity contribution in [3.05, 3.63) is 59.7 Å². The Balaban J connectivity index is 1.87. The molecular formula is C19H25N7. The lowest BCUT2D eigenvalue weighted by atomic mass is 10.2. The molecule has 7 heteroatoms. The van der Waals surface area contributed by atoms with E-state index in [4.69, 9.17) is 5.73 Å². The molecule has 0 atom stereocenters. The minimum absolute atomic E-state index is 0.118. The molecule has 0 amide bonds. The van der Waals surface area contributed by atoms with Crippen LogP contribution in [0.25, 0.3) is 0 Å². The second-order valence-corrected chi connectivity index (χ2v) is 6.07. The molecule has 0 fully saturated rings. The van der Waals surface area contributed by atoms with Gasteiger partial charge in [0.05, 0.1) is 12.4 Å². The summed E-state index contributed by atoms with van der Waals surface area (Å²) in [6.45, 7) is 0. The summed E-state index contributed by atoms with van der Waals surface area (Å²) in [5, 5.41) is 11.9. The molecule has 0 aliphatic rings. The molecule has 0 saturated heterocycles. The predicted octanol–water partition coefficient (Wildman–Crippen LogP) is 2.09. The van der Waals surface area contributed by atoms with Crippen LogP contribution in [0.5, 0.6) is 0 Å². The highest BCUT2D eigenvalue weighted by Gasteiger charge is 1.95. The van der Waals surface area contributed by atoms with E-state index in [9.17, 15) is 0 Å². The van der Waals surface area contributed by atoms with Crippen molar-refractivity contribution < 1.29 is 0 Å². The van der Waals surface area contributed by atoms with Gasteiger partial charge in [-0.2, -0.15) is 10.2 Å². The first-order valence-electron chi connectivity index (χ1n) is 8.16. The Morgan fingerprint density at radius 3 is 1.73 bits per heavy atom. The zero-order chi connectivity index (χ0) is 18.9. The molecule has 0 aliphatic heterocycles. The topological polar surface area (TPSA) is 81.6 Å². The van der Waals surface area contributed by atoms with E-state index in [-0.39, 0.29) is 5.96 Å². The van der Waals surface area contributed by atoms with Crippen LogP contribution in [0, 0.1) is 0 Å². The van der Waals surface area contributed by atoms with E-state index in [1.807, 2.05) is 86.5 Å². The number of nitrogens with zero attached hydrogens (tertiary/aromatic N) is 5. The van der Waals surface area contributed by atoms with E-state index in [1.54, 1.807) is 12.4 Å². The van der Waals surface area contributed by atoms with Gasteiger partial charge in [0.1, 0.15) is 0 Å². The van der Waals surface area contributed by atoms with E-state index in [0.717, 1.165) is 22.5 Å². The number of nitrogens with one attached hydrogen (secondary N) is 1. The average molecular weight is 351 g/mol. The number of hydrogen-bond donors (Lipinski definition) is 2. The van der Waals surface area contributed by atoms with Crippen LogP contribution in [0.15, 0.2) is 63.8 Å². The molecule has 0 saturated carbocycles. The lowest BCUT2D eigenvalue weighted by Gasteiger charge is -2.11. The predicted molar refractivity (Wildman–Crippen MR) is 111 cm³/mol. The van der Waals surface area contributed by atoms with Crippen LogP contribution in [0.3, 0.4) is 0 Å². The molecule has 0 radical (unpaired) electrons. The summed E-state index contributed by atoms with van der Waals surface area (Å²) in [5.41, 5.74) is 12.5. The largest absolute Gasteiger partial charge is 0.378 e. The third kappa shape index (κ3) is 5.94. The molecule has 0 aliphatic carbocycles. The summed E-state index contributed by atoms with van der Waals surface area (Å²) in [5.74, 6) is 0.118. The second kappa shape index (κ2) is 9.22. The highest BCUT2D eigenvalue weighted by atomic mass is 15.4. The summed E-state index contributed by atoms with van der Waals surface area (Å²) in [6, 6.07) is 15.9. The average Bonchev–Trinajstić information content (AvgIpc) is 2.62. The van der Waals surface area contributed by atoms with Crippen LogP contribution < -0.4 is 21.0 Å². The van der Waals surface area contributed by atoms with Crippen LogP contribution in [0.2, 0.25) is 0 Å². The third-order valence-corrected chi connectivity index (χ3v) is 3.58. The number of anilines is 2. The van der Waals surface area contributed by atoms with Gasteiger partial charge in [-0.05, 0) is 35.4 Å². The lowest BCUT2D eigenvalue weighted by Crippen LogP contribution is -2.26. The zero-order valence-corrected chi connectivity index (χ0v) is 15.6. The molecule has 2 aromatic carbocycles. The summed E-state index contributed by atoms with van der Waals surface area (Å²) in [7, 11) is 7.99. The van der Waals surface area contributed by atoms with E-state index >= 15 is 0 Å². The summed E-state index contributed by atoms with van der Waals surface area (Å²) in [4.78, 5) is 4.07. The highest BCUT2D eigenvalue weighted by Crippen LogP contribution is 2.11. The molecule has 26 heavy (non-hydrogen) atoms.